The molecule has 0 aliphatic carbocycles. The average molecular weight is 1460 g/mol. The molecular formula is C80H104N12O14. The molecule has 0 radical (unpaired) electrons. The Morgan fingerprint density at radius 1 is 0.415 bits per heavy atom. The van der Waals surface area contributed by atoms with Crippen LogP contribution in [0.15, 0.2) is 158 Å². The number of carbonyl (C=O) groups excluding carboxylic acids is 10. The van der Waals surface area contributed by atoms with Crippen molar-refractivity contribution >= 4 is 75.8 Å². The number of unbranched alkanes of at least 4 members (excludes halogenated alkanes) is 2. The first-order valence-electron chi connectivity index (χ1n) is 36.5. The maximum absolute atomic E-state index is 15.1. The lowest BCUT2D eigenvalue weighted by molar-refractivity contribution is -0.144. The zero-order valence-corrected chi connectivity index (χ0v) is 61.2. The van der Waals surface area contributed by atoms with Crippen LogP contribution in [0.4, 0.5) is 0 Å². The van der Waals surface area contributed by atoms with E-state index in [0.29, 0.717) is 67.4 Å². The molecule has 26 heteroatoms. The van der Waals surface area contributed by atoms with Gasteiger partial charge in [-0.1, -0.05) is 173 Å². The van der Waals surface area contributed by atoms with E-state index in [2.05, 4.69) is 58.5 Å². The lowest BCUT2D eigenvalue weighted by Gasteiger charge is -2.31. The number of hydrogen-bond acceptors (Lipinski definition) is 15. The fourth-order valence-corrected chi connectivity index (χ4v) is 12.5. The summed E-state index contributed by atoms with van der Waals surface area (Å²) >= 11 is 0. The number of nitrogens with zero attached hydrogens (tertiary/aromatic N) is 1. The highest BCUT2D eigenvalue weighted by Crippen LogP contribution is 2.22. The summed E-state index contributed by atoms with van der Waals surface area (Å²) in [6.45, 7) is 10.8. The van der Waals surface area contributed by atoms with E-state index in [1.165, 1.54) is 43.0 Å². The number of aliphatic hydroxyl groups is 1. The molecule has 0 spiro atoms. The number of amides is 10. The van der Waals surface area contributed by atoms with E-state index in [1.54, 1.807) is 91.0 Å². The third-order valence-corrected chi connectivity index (χ3v) is 18.3. The zero-order chi connectivity index (χ0) is 76.7. The Morgan fingerprint density at radius 2 is 0.783 bits per heavy atom. The van der Waals surface area contributed by atoms with Gasteiger partial charge >= 0.3 is 5.97 Å². The molecule has 10 atom stereocenters. The normalized spacial score (nSPS) is 15.3. The van der Waals surface area contributed by atoms with Gasteiger partial charge in [0, 0.05) is 57.7 Å². The van der Waals surface area contributed by atoms with Gasteiger partial charge < -0.3 is 78.7 Å². The van der Waals surface area contributed by atoms with Crippen LogP contribution in [0.3, 0.4) is 0 Å². The maximum atomic E-state index is 15.1. The highest BCUT2D eigenvalue weighted by atomic mass is 16.4. The number of phenolic OH excluding ortho intramolecular Hbond substituents is 1. The van der Waals surface area contributed by atoms with Crippen molar-refractivity contribution in [2.75, 3.05) is 26.2 Å². The minimum absolute atomic E-state index is 0.0161. The first-order valence-corrected chi connectivity index (χ1v) is 36.5. The monoisotopic (exact) mass is 1460 g/mol. The summed E-state index contributed by atoms with van der Waals surface area (Å²) in [7, 11) is 0. The summed E-state index contributed by atoms with van der Waals surface area (Å²) < 4.78 is 0. The molecule has 14 N–H and O–H groups in total. The quantitative estimate of drug-likeness (QED) is 0.0242. The van der Waals surface area contributed by atoms with Crippen LogP contribution >= 0.6 is 0 Å². The van der Waals surface area contributed by atoms with Crippen LogP contribution in [0.5, 0.6) is 5.75 Å². The molecule has 1 saturated heterocycles. The van der Waals surface area contributed by atoms with Crippen LogP contribution in [-0.4, -0.2) is 184 Å². The molecule has 10 amide bonds. The summed E-state index contributed by atoms with van der Waals surface area (Å²) in [4.78, 5) is 158. The van der Waals surface area contributed by atoms with Crippen molar-refractivity contribution < 1.29 is 68.1 Å². The van der Waals surface area contributed by atoms with E-state index in [-0.39, 0.29) is 75.7 Å². The highest BCUT2D eigenvalue weighted by molar-refractivity contribution is 5.99. The number of aliphatic carboxylic acids is 1. The Hall–Kier alpha value is -10.6. The molecule has 568 valence electrons. The molecule has 1 fully saturated rings. The zero-order valence-electron chi connectivity index (χ0n) is 61.2. The van der Waals surface area contributed by atoms with Gasteiger partial charge in [-0.25, -0.2) is 0 Å². The van der Waals surface area contributed by atoms with Crippen LogP contribution in [0.25, 0.3) is 10.8 Å². The van der Waals surface area contributed by atoms with E-state index < -0.39 is 132 Å². The van der Waals surface area contributed by atoms with Gasteiger partial charge in [-0.2, -0.15) is 0 Å². The number of hydrogen-bond donors (Lipinski definition) is 14. The molecule has 1 heterocycles. The van der Waals surface area contributed by atoms with Crippen molar-refractivity contribution in [2.24, 2.45) is 0 Å². The molecule has 0 saturated carbocycles. The van der Waals surface area contributed by atoms with Crippen molar-refractivity contribution in [2.45, 2.75) is 198 Å². The second-order valence-corrected chi connectivity index (χ2v) is 27.7. The van der Waals surface area contributed by atoms with E-state index in [0.717, 1.165) is 16.3 Å². The fourth-order valence-electron chi connectivity index (χ4n) is 12.5. The van der Waals surface area contributed by atoms with Crippen molar-refractivity contribution in [1.82, 2.24) is 63.4 Å². The van der Waals surface area contributed by atoms with Crippen LogP contribution in [0.2, 0.25) is 0 Å². The molecule has 0 aromatic heterocycles. The summed E-state index contributed by atoms with van der Waals surface area (Å²) in [5.41, 5.74) is 3.02. The van der Waals surface area contributed by atoms with Crippen molar-refractivity contribution in [3.63, 3.8) is 0 Å². The lowest BCUT2D eigenvalue weighted by Crippen LogP contribution is -2.61. The molecule has 6 aromatic carbocycles. The van der Waals surface area contributed by atoms with Gasteiger partial charge in [0.25, 0.3) is 0 Å². The minimum Gasteiger partial charge on any atom is -0.508 e. The summed E-state index contributed by atoms with van der Waals surface area (Å²) in [6.07, 6.45) is 2.35. The van der Waals surface area contributed by atoms with E-state index in [1.807, 2.05) is 70.2 Å². The summed E-state index contributed by atoms with van der Waals surface area (Å²) in [5.74, 6) is -8.98. The number of carboxylic acid groups (broad SMARTS) is 1. The second kappa shape index (κ2) is 42.4. The van der Waals surface area contributed by atoms with Gasteiger partial charge in [0.15, 0.2) is 0 Å². The fraction of sp³-hybridized carbons (Fsp3) is 0.438. The number of phenols is 1. The maximum Gasteiger partial charge on any atom is 0.325 e. The Kier molecular flexibility index (Phi) is 33.1. The molecule has 1 aliphatic heterocycles. The largest absolute Gasteiger partial charge is 0.508 e. The van der Waals surface area contributed by atoms with Crippen molar-refractivity contribution in [3.05, 3.63) is 186 Å². The topological polar surface area (TPSA) is 384 Å². The van der Waals surface area contributed by atoms with Crippen LogP contribution in [0.1, 0.15) is 121 Å². The predicted octanol–water partition coefficient (Wildman–Crippen LogP) is 3.87. The summed E-state index contributed by atoms with van der Waals surface area (Å²) in [6, 6.07) is 32.2. The number of benzene rings is 6. The number of rotatable bonds is 42. The molecule has 26 nitrogen and oxygen atoms in total. The number of nitrogens with one attached hydrogen (secondary N) is 11. The number of fused-ring (bicyclic) bond motifs is 1. The summed E-state index contributed by atoms with van der Waals surface area (Å²) in [5, 5.41) is 64.1. The number of carbonyl (C=O) groups is 11. The highest BCUT2D eigenvalue weighted by Gasteiger charge is 2.40. The van der Waals surface area contributed by atoms with E-state index >= 15 is 14.4 Å². The molecule has 106 heavy (non-hydrogen) atoms. The average Bonchev–Trinajstić information content (AvgIpc) is 1.55. The standard InChI is InChI=1S/C80H104N12O14/c1-50(2)81-40-20-18-31-62(71(96)87-65(44-54-23-10-7-11-24-54)74(99)86-63(32-19-21-41-82-51(3)4)79(104)92-42-22-33-70(92)78(103)83-52(5)80(105)106)85-73(98)68(47-57-35-38-61(95)39-36-57)90-77(102)69(49-93)91-76(101)67(46-56-27-14-9-15-28-56)89-75(100)66(45-55-25-12-8-13-26-55)88-72(97)64(84-53(6)94)48-58-34-37-59-29-16-17-30-60(59)43-58/h7-17,23-30,34-39,43,50-52,62-70,81-82,93,95H,18-22,31-33,40-42,44-49H2,1-6H3,(H,83,103)(H,84,94)(H,85,98)(H,86,99)(H,87,96)(H,88,97)(H,89,100)(H,90,102)(H,91,101)(H,105,106)/t52-,62-,63+,64-,65+,66-,67-,68+,69+,70-/m1/s1. The molecule has 1 aliphatic rings. The Labute approximate surface area is 619 Å². The number of aromatic hydroxyl groups is 1. The van der Waals surface area contributed by atoms with Crippen molar-refractivity contribution in [3.8, 4) is 5.75 Å². The molecule has 0 unspecified atom stereocenters. The smallest absolute Gasteiger partial charge is 0.325 e. The van der Waals surface area contributed by atoms with E-state index in [4.69, 9.17) is 0 Å². The first kappa shape index (κ1) is 82.7. The minimum atomic E-state index is -1.78. The molecule has 6 aromatic rings. The van der Waals surface area contributed by atoms with Gasteiger partial charge in [-0.3, -0.25) is 52.7 Å². The Bertz CT molecular complexity index is 3890. The first-order chi connectivity index (χ1) is 50.8. The lowest BCUT2D eigenvalue weighted by atomic mass is 9.99. The SMILES string of the molecule is CC(=O)N[C@H](Cc1ccc2ccccc2c1)C(=O)N[C@H](Cc1ccccc1)C(=O)N[C@H](Cc1ccccc1)C(=O)N[C@@H](CO)C(=O)N[C@@H](Cc1ccc(O)cc1)C(=O)N[C@H](CCCCNC(C)C)C(=O)N[C@@H](Cc1ccccc1)C(=O)N[C@@H](CCCCNC(C)C)C(=O)N1CCC[C@@H]1C(=O)N[C@H](C)C(=O)O. The van der Waals surface area contributed by atoms with Gasteiger partial charge in [0.05, 0.1) is 6.61 Å². The number of carboxylic acids is 1. The van der Waals surface area contributed by atoms with Crippen LogP contribution < -0.4 is 58.5 Å². The van der Waals surface area contributed by atoms with E-state index in [9.17, 15) is 53.7 Å². The van der Waals surface area contributed by atoms with Crippen LogP contribution in [0, 0.1) is 0 Å². The molecular weight excluding hydrogens is 1350 g/mol. The van der Waals surface area contributed by atoms with Gasteiger partial charge in [0.1, 0.15) is 66.2 Å². The van der Waals surface area contributed by atoms with Gasteiger partial charge in [0.2, 0.25) is 59.1 Å². The predicted molar refractivity (Wildman–Crippen MR) is 402 cm³/mol. The molecule has 0 bridgehead atoms. The molecule has 7 rings (SSSR count). The van der Waals surface area contributed by atoms with Crippen LogP contribution in [-0.2, 0) is 84.8 Å². The van der Waals surface area contributed by atoms with Gasteiger partial charge in [-0.15, -0.1) is 0 Å². The third kappa shape index (κ3) is 27.2. The van der Waals surface area contributed by atoms with Crippen molar-refractivity contribution in [1.29, 1.82) is 0 Å². The third-order valence-electron chi connectivity index (χ3n) is 18.3. The Morgan fingerprint density at radius 3 is 1.23 bits per heavy atom. The Balaban J connectivity index is 1.14. The van der Waals surface area contributed by atoms with Gasteiger partial charge in [-0.05, 0) is 122 Å². The number of likely N-dealkylation sites (tertiary alicyclic amines) is 1. The second-order valence-electron chi connectivity index (χ2n) is 27.7. The number of aliphatic hydroxyl groups excluding tert-OH is 1.